The molecule has 14 heteroatoms. The second-order valence-corrected chi connectivity index (χ2v) is 10.9. The number of aryl methyl sites for hydroxylation is 1. The molecule has 3 heterocycles. The maximum Gasteiger partial charge on any atom is 0.332 e. The Morgan fingerprint density at radius 2 is 1.40 bits per heavy atom. The Labute approximate surface area is 230 Å². The van der Waals surface area contributed by atoms with Gasteiger partial charge in [-0.05, 0) is 38.6 Å². The quantitative estimate of drug-likeness (QED) is 0.467. The molecule has 1 aromatic carbocycles. The standard InChI is InChI=1S/C26H31N5O9/c1-27(2)11-26(21(34)30(5)24(37)31(6)22(26)35)18-15-13(10-14-16(17(15)38-7)40-12-39-14)8-9-25(18)19(32)28(3)23(36)29(4)20(25)33/h10,18H,8-9,11-12H2,1-7H3/t18-/m0/s1. The van der Waals surface area contributed by atoms with Crippen LogP contribution in [0.2, 0.25) is 0 Å². The minimum absolute atomic E-state index is 0.108. The summed E-state index contributed by atoms with van der Waals surface area (Å²) in [5.41, 5.74) is -3.41. The number of barbiturate groups is 2. The lowest BCUT2D eigenvalue weighted by Gasteiger charge is -2.56. The molecule has 0 N–H and O–H groups in total. The molecule has 2 saturated heterocycles. The molecule has 8 amide bonds. The topological polar surface area (TPSA) is 146 Å². The molecule has 0 saturated carbocycles. The minimum atomic E-state index is -2.16. The van der Waals surface area contributed by atoms with E-state index >= 15 is 0 Å². The number of hydrogen-bond donors (Lipinski definition) is 0. The van der Waals surface area contributed by atoms with Gasteiger partial charge in [0.05, 0.1) is 7.11 Å². The van der Waals surface area contributed by atoms with Crippen molar-refractivity contribution in [3.8, 4) is 17.2 Å². The number of nitrogens with zero attached hydrogens (tertiary/aromatic N) is 5. The van der Waals surface area contributed by atoms with Crippen molar-refractivity contribution in [1.29, 1.82) is 0 Å². The third kappa shape index (κ3) is 3.19. The van der Waals surface area contributed by atoms with Gasteiger partial charge >= 0.3 is 12.1 Å². The molecule has 1 atom stereocenters. The van der Waals surface area contributed by atoms with E-state index in [2.05, 4.69) is 0 Å². The summed E-state index contributed by atoms with van der Waals surface area (Å²) in [6, 6.07) is 0.00358. The molecule has 5 rings (SSSR count). The number of hydrogen-bond acceptors (Lipinski definition) is 10. The number of fused-ring (bicyclic) bond motifs is 2. The molecule has 0 unspecified atom stereocenters. The Hall–Kier alpha value is -4.20. The third-order valence-corrected chi connectivity index (χ3v) is 8.47. The molecule has 4 aliphatic rings. The first-order chi connectivity index (χ1) is 18.8. The third-order valence-electron chi connectivity index (χ3n) is 8.47. The summed E-state index contributed by atoms with van der Waals surface area (Å²) in [6.45, 7) is -0.374. The van der Waals surface area contributed by atoms with Crippen molar-refractivity contribution < 1.29 is 43.0 Å². The van der Waals surface area contributed by atoms with Crippen molar-refractivity contribution >= 4 is 35.7 Å². The molecule has 1 spiro atoms. The summed E-state index contributed by atoms with van der Waals surface area (Å²) in [5.74, 6) is -4.27. The van der Waals surface area contributed by atoms with Gasteiger partial charge in [-0.15, -0.1) is 0 Å². The largest absolute Gasteiger partial charge is 0.492 e. The fourth-order valence-electron chi connectivity index (χ4n) is 6.80. The van der Waals surface area contributed by atoms with Crippen molar-refractivity contribution in [2.75, 3.05) is 62.7 Å². The summed E-state index contributed by atoms with van der Waals surface area (Å²) in [5, 5.41) is 0. The predicted octanol–water partition coefficient (Wildman–Crippen LogP) is 0.0889. The zero-order chi connectivity index (χ0) is 29.5. The molecule has 40 heavy (non-hydrogen) atoms. The zero-order valence-electron chi connectivity index (χ0n) is 23.4. The van der Waals surface area contributed by atoms with Gasteiger partial charge in [0.2, 0.25) is 36.2 Å². The van der Waals surface area contributed by atoms with Crippen LogP contribution in [0.4, 0.5) is 9.59 Å². The van der Waals surface area contributed by atoms with E-state index in [9.17, 15) is 28.8 Å². The maximum absolute atomic E-state index is 14.4. The smallest absolute Gasteiger partial charge is 0.332 e. The highest BCUT2D eigenvalue weighted by atomic mass is 16.7. The number of amides is 8. The highest BCUT2D eigenvalue weighted by Gasteiger charge is 2.73. The maximum atomic E-state index is 14.4. The average Bonchev–Trinajstić information content (AvgIpc) is 3.41. The van der Waals surface area contributed by atoms with E-state index in [4.69, 9.17) is 14.2 Å². The number of benzene rings is 1. The summed E-state index contributed by atoms with van der Waals surface area (Å²) in [4.78, 5) is 87.9. The average molecular weight is 558 g/mol. The molecule has 0 aromatic heterocycles. The van der Waals surface area contributed by atoms with Gasteiger partial charge in [-0.2, -0.15) is 0 Å². The van der Waals surface area contributed by atoms with Gasteiger partial charge in [0, 0.05) is 46.2 Å². The molecule has 3 aliphatic heterocycles. The Morgan fingerprint density at radius 3 is 1.90 bits per heavy atom. The van der Waals surface area contributed by atoms with Crippen LogP contribution in [0.25, 0.3) is 0 Å². The van der Waals surface area contributed by atoms with Gasteiger partial charge in [0.25, 0.3) is 0 Å². The lowest BCUT2D eigenvalue weighted by Crippen LogP contribution is -2.74. The number of ether oxygens (including phenoxy) is 3. The van der Waals surface area contributed by atoms with Gasteiger partial charge in [-0.1, -0.05) is 0 Å². The van der Waals surface area contributed by atoms with Crippen LogP contribution in [0, 0.1) is 10.8 Å². The first-order valence-corrected chi connectivity index (χ1v) is 12.6. The zero-order valence-corrected chi connectivity index (χ0v) is 23.4. The van der Waals surface area contributed by atoms with Crippen LogP contribution in [0.3, 0.4) is 0 Å². The van der Waals surface area contributed by atoms with E-state index in [0.29, 0.717) is 11.3 Å². The fourth-order valence-corrected chi connectivity index (χ4v) is 6.80. The summed E-state index contributed by atoms with van der Waals surface area (Å²) in [6.07, 6.45) is 0.0431. The van der Waals surface area contributed by atoms with Gasteiger partial charge in [0.15, 0.2) is 11.5 Å². The SMILES string of the molecule is COc1c2c(cc3c1[C@H](C1(CN(C)C)C(=O)N(C)C(=O)N(C)C1=O)C1(CC3)C(=O)N(C)C(=O)N(C)C1=O)OCO2. The van der Waals surface area contributed by atoms with Crippen molar-refractivity contribution in [3.05, 3.63) is 17.2 Å². The molecule has 2 fully saturated rings. The lowest BCUT2D eigenvalue weighted by molar-refractivity contribution is -0.173. The number of imide groups is 4. The van der Waals surface area contributed by atoms with E-state index in [0.717, 1.165) is 19.6 Å². The number of urea groups is 2. The molecule has 0 bridgehead atoms. The van der Waals surface area contributed by atoms with Crippen LogP contribution in [0.5, 0.6) is 17.2 Å². The van der Waals surface area contributed by atoms with Gasteiger partial charge < -0.3 is 19.1 Å². The molecular weight excluding hydrogens is 526 g/mol. The van der Waals surface area contributed by atoms with Crippen LogP contribution < -0.4 is 14.2 Å². The predicted molar refractivity (Wildman–Crippen MR) is 135 cm³/mol. The molecule has 1 aromatic rings. The number of carbonyl (C=O) groups is 6. The second kappa shape index (κ2) is 8.91. The number of rotatable bonds is 4. The normalized spacial score (nSPS) is 23.6. The van der Waals surface area contributed by atoms with Crippen LogP contribution in [-0.4, -0.2) is 123 Å². The Morgan fingerprint density at radius 1 is 0.875 bits per heavy atom. The van der Waals surface area contributed by atoms with Crippen LogP contribution in [0.15, 0.2) is 6.07 Å². The fraction of sp³-hybridized carbons (Fsp3) is 0.538. The van der Waals surface area contributed by atoms with E-state index in [-0.39, 0.29) is 43.2 Å². The van der Waals surface area contributed by atoms with Crippen LogP contribution >= 0.6 is 0 Å². The summed E-state index contributed by atoms with van der Waals surface area (Å²) >= 11 is 0. The first-order valence-electron chi connectivity index (χ1n) is 12.6. The van der Waals surface area contributed by atoms with Gasteiger partial charge in [-0.25, -0.2) is 9.59 Å². The van der Waals surface area contributed by atoms with Crippen molar-refractivity contribution in [1.82, 2.24) is 24.5 Å². The lowest BCUT2D eigenvalue weighted by atomic mass is 9.51. The van der Waals surface area contributed by atoms with Crippen molar-refractivity contribution in [2.45, 2.75) is 18.8 Å². The van der Waals surface area contributed by atoms with Crippen molar-refractivity contribution in [2.24, 2.45) is 10.8 Å². The molecule has 14 nitrogen and oxygen atoms in total. The molecular formula is C26H31N5O9. The molecule has 1 aliphatic carbocycles. The monoisotopic (exact) mass is 557 g/mol. The van der Waals surface area contributed by atoms with E-state index in [1.165, 1.54) is 35.3 Å². The number of carbonyl (C=O) groups excluding carboxylic acids is 6. The highest BCUT2D eigenvalue weighted by Crippen LogP contribution is 2.63. The Balaban J connectivity index is 1.95. The Bertz CT molecular complexity index is 1340. The van der Waals surface area contributed by atoms with Crippen LogP contribution in [0.1, 0.15) is 23.5 Å². The number of methoxy groups -OCH3 is 1. The summed E-state index contributed by atoms with van der Waals surface area (Å²) < 4.78 is 17.1. The van der Waals surface area contributed by atoms with E-state index in [1.807, 2.05) is 0 Å². The van der Waals surface area contributed by atoms with E-state index < -0.39 is 52.4 Å². The minimum Gasteiger partial charge on any atom is -0.492 e. The molecule has 214 valence electrons. The van der Waals surface area contributed by atoms with Gasteiger partial charge in [-0.3, -0.25) is 38.8 Å². The van der Waals surface area contributed by atoms with Crippen LogP contribution in [-0.2, 0) is 25.6 Å². The first kappa shape index (κ1) is 27.4. The Kier molecular flexibility index (Phi) is 6.10. The second-order valence-electron chi connectivity index (χ2n) is 10.9. The molecule has 0 radical (unpaired) electrons. The van der Waals surface area contributed by atoms with Gasteiger partial charge in [0.1, 0.15) is 10.8 Å². The van der Waals surface area contributed by atoms with Crippen molar-refractivity contribution in [3.63, 3.8) is 0 Å². The van der Waals surface area contributed by atoms with E-state index in [1.54, 1.807) is 25.1 Å². The summed E-state index contributed by atoms with van der Waals surface area (Å²) in [7, 11) is 9.65. The highest BCUT2D eigenvalue weighted by molar-refractivity contribution is 6.24.